The maximum Gasteiger partial charge on any atom is 0.156 e. The van der Waals surface area contributed by atoms with E-state index in [0.717, 1.165) is 65.5 Å². The third-order valence-electron chi connectivity index (χ3n) is 7.20. The van der Waals surface area contributed by atoms with E-state index >= 15 is 0 Å². The van der Waals surface area contributed by atoms with Gasteiger partial charge >= 0.3 is 0 Å². The topological polar surface area (TPSA) is 21.7 Å². The van der Waals surface area contributed by atoms with E-state index in [1.54, 1.807) is 23.5 Å². The van der Waals surface area contributed by atoms with E-state index in [-0.39, 0.29) is 0 Å². The van der Waals surface area contributed by atoms with Crippen LogP contribution in [0, 0.1) is 0 Å². The number of rotatable bonds is 5. The van der Waals surface area contributed by atoms with Crippen LogP contribution in [0.25, 0.3) is 11.1 Å². The van der Waals surface area contributed by atoms with Gasteiger partial charge in [-0.05, 0) is 99.9 Å². The Morgan fingerprint density at radius 3 is 1.40 bits per heavy atom. The van der Waals surface area contributed by atoms with E-state index in [9.17, 15) is 0 Å². The van der Waals surface area contributed by atoms with Crippen molar-refractivity contribution in [3.8, 4) is 34.1 Å². The fraction of sp³-hybridized carbons (Fsp3) is 0. The number of halogens is 1. The molecule has 42 heavy (non-hydrogen) atoms. The van der Waals surface area contributed by atoms with Gasteiger partial charge in [0.1, 0.15) is 5.69 Å². The lowest BCUT2D eigenvalue weighted by atomic mass is 10.0. The van der Waals surface area contributed by atoms with Crippen LogP contribution in [0.4, 0.5) is 17.1 Å². The number of anilines is 3. The molecule has 0 fully saturated rings. The number of fused-ring (bicyclic) bond motifs is 4. The monoisotopic (exact) mass is 643 g/mol. The zero-order valence-electron chi connectivity index (χ0n) is 22.2. The normalized spacial score (nSPS) is 12.5. The highest BCUT2D eigenvalue weighted by Gasteiger charge is 2.35. The van der Waals surface area contributed by atoms with E-state index in [1.807, 2.05) is 48.5 Å². The molecule has 0 bridgehead atoms. The summed E-state index contributed by atoms with van der Waals surface area (Å²) in [4.78, 5) is 6.90. The standard InChI is InChI=1S/C36H22BrNO2S2/c37-35-33(41-25-11-3-1-4-12-25)21-24(22-34(35)42-26-13-5-2-6-14-26)23-19-31-36-32(20-23)40-30-18-10-8-16-28(30)38(36)27-15-7-9-17-29(27)39-31/h1-22H. The summed E-state index contributed by atoms with van der Waals surface area (Å²) in [5, 5.41) is 0. The summed E-state index contributed by atoms with van der Waals surface area (Å²) in [6, 6.07) is 46.0. The average Bonchev–Trinajstić information content (AvgIpc) is 3.03. The first-order valence-corrected chi connectivity index (χ1v) is 16.0. The minimum Gasteiger partial charge on any atom is -0.453 e. The maximum atomic E-state index is 6.54. The van der Waals surface area contributed by atoms with Gasteiger partial charge in [0.15, 0.2) is 23.0 Å². The van der Waals surface area contributed by atoms with Crippen LogP contribution >= 0.6 is 39.5 Å². The first-order valence-electron chi connectivity index (χ1n) is 13.5. The van der Waals surface area contributed by atoms with Gasteiger partial charge in [-0.25, -0.2) is 0 Å². The number of hydrogen-bond donors (Lipinski definition) is 0. The Morgan fingerprint density at radius 1 is 0.476 bits per heavy atom. The van der Waals surface area contributed by atoms with Crippen molar-refractivity contribution < 1.29 is 9.47 Å². The molecule has 202 valence electrons. The second-order valence-electron chi connectivity index (χ2n) is 9.91. The lowest BCUT2D eigenvalue weighted by Gasteiger charge is -2.38. The Bertz CT molecular complexity index is 1830. The van der Waals surface area contributed by atoms with E-state index in [1.165, 1.54) is 9.79 Å². The summed E-state index contributed by atoms with van der Waals surface area (Å²) in [6.07, 6.45) is 0. The number of hydrogen-bond acceptors (Lipinski definition) is 5. The molecular weight excluding hydrogens is 622 g/mol. The molecule has 3 nitrogen and oxygen atoms in total. The molecule has 0 aliphatic carbocycles. The first kappa shape index (κ1) is 25.6. The van der Waals surface area contributed by atoms with E-state index < -0.39 is 0 Å². The van der Waals surface area contributed by atoms with Crippen molar-refractivity contribution >= 4 is 56.5 Å². The minimum absolute atomic E-state index is 0.771. The van der Waals surface area contributed by atoms with Crippen molar-refractivity contribution in [3.05, 3.63) is 138 Å². The molecule has 0 aromatic heterocycles. The quantitative estimate of drug-likeness (QED) is 0.185. The SMILES string of the molecule is Brc1c(Sc2ccccc2)cc(-c2cc3c4c(c2)Oc2ccccc2N4c2ccccc2O3)cc1Sc1ccccc1. The Hall–Kier alpha value is -4.10. The molecule has 2 aliphatic heterocycles. The molecule has 0 saturated carbocycles. The second-order valence-corrected chi connectivity index (χ2v) is 12.9. The van der Waals surface area contributed by atoms with Gasteiger partial charge in [-0.15, -0.1) is 0 Å². The predicted molar refractivity (Wildman–Crippen MR) is 176 cm³/mol. The second kappa shape index (κ2) is 10.6. The van der Waals surface area contributed by atoms with Crippen LogP contribution in [0.5, 0.6) is 23.0 Å². The summed E-state index contributed by atoms with van der Waals surface area (Å²) in [7, 11) is 0. The number of nitrogens with zero attached hydrogens (tertiary/aromatic N) is 1. The van der Waals surface area contributed by atoms with Gasteiger partial charge < -0.3 is 9.47 Å². The van der Waals surface area contributed by atoms with Gasteiger partial charge in [0, 0.05) is 24.1 Å². The third-order valence-corrected chi connectivity index (χ3v) is 10.7. The van der Waals surface area contributed by atoms with Crippen molar-refractivity contribution in [3.63, 3.8) is 0 Å². The molecule has 0 N–H and O–H groups in total. The smallest absolute Gasteiger partial charge is 0.156 e. The lowest BCUT2D eigenvalue weighted by Crippen LogP contribution is -2.20. The van der Waals surface area contributed by atoms with Gasteiger partial charge in [0.25, 0.3) is 0 Å². The Labute approximate surface area is 261 Å². The van der Waals surface area contributed by atoms with Crippen molar-refractivity contribution in [2.24, 2.45) is 0 Å². The molecule has 6 aromatic rings. The summed E-state index contributed by atoms with van der Waals surface area (Å²) >= 11 is 7.44. The fourth-order valence-corrected chi connectivity index (χ4v) is 7.95. The molecule has 0 unspecified atom stereocenters. The molecule has 6 heteroatoms. The molecule has 0 atom stereocenters. The number of para-hydroxylation sites is 4. The van der Waals surface area contributed by atoms with E-state index in [4.69, 9.17) is 9.47 Å². The first-order chi connectivity index (χ1) is 20.7. The number of benzene rings is 6. The van der Waals surface area contributed by atoms with Gasteiger partial charge in [0.05, 0.1) is 11.4 Å². The Kier molecular flexibility index (Phi) is 6.48. The molecule has 0 saturated heterocycles. The summed E-state index contributed by atoms with van der Waals surface area (Å²) < 4.78 is 14.1. The molecule has 0 spiro atoms. The summed E-state index contributed by atoms with van der Waals surface area (Å²) in [6.45, 7) is 0. The molecule has 2 heterocycles. The van der Waals surface area contributed by atoms with Crippen LogP contribution in [-0.4, -0.2) is 0 Å². The molecule has 0 radical (unpaired) electrons. The summed E-state index contributed by atoms with van der Waals surface area (Å²) in [5.41, 5.74) is 5.04. The zero-order chi connectivity index (χ0) is 28.0. The highest BCUT2D eigenvalue weighted by atomic mass is 79.9. The molecule has 2 aliphatic rings. The van der Waals surface area contributed by atoms with Crippen LogP contribution in [0.2, 0.25) is 0 Å². The number of ether oxygens (including phenoxy) is 2. The van der Waals surface area contributed by atoms with Crippen molar-refractivity contribution in [1.29, 1.82) is 0 Å². The Morgan fingerprint density at radius 2 is 0.905 bits per heavy atom. The van der Waals surface area contributed by atoms with Gasteiger partial charge in [-0.3, -0.25) is 4.90 Å². The largest absolute Gasteiger partial charge is 0.453 e. The fourth-order valence-electron chi connectivity index (χ4n) is 5.31. The van der Waals surface area contributed by atoms with Crippen LogP contribution in [0.15, 0.2) is 158 Å². The van der Waals surface area contributed by atoms with Gasteiger partial charge in [-0.2, -0.15) is 0 Å². The van der Waals surface area contributed by atoms with Crippen LogP contribution in [0.1, 0.15) is 0 Å². The zero-order valence-corrected chi connectivity index (χ0v) is 25.4. The molecule has 6 aromatic carbocycles. The average molecular weight is 645 g/mol. The molecule has 0 amide bonds. The van der Waals surface area contributed by atoms with Crippen LogP contribution < -0.4 is 14.4 Å². The van der Waals surface area contributed by atoms with Crippen molar-refractivity contribution in [1.82, 2.24) is 0 Å². The molecular formula is C36H22BrNO2S2. The Balaban J connectivity index is 1.29. The van der Waals surface area contributed by atoms with Crippen LogP contribution in [-0.2, 0) is 0 Å². The predicted octanol–water partition coefficient (Wildman–Crippen LogP) is 12.1. The summed E-state index contributed by atoms with van der Waals surface area (Å²) in [5.74, 6) is 3.18. The van der Waals surface area contributed by atoms with E-state index in [0.29, 0.717) is 0 Å². The lowest BCUT2D eigenvalue weighted by molar-refractivity contribution is 0.446. The molecule has 8 rings (SSSR count). The highest BCUT2D eigenvalue weighted by Crippen LogP contribution is 2.60. The highest BCUT2D eigenvalue weighted by molar-refractivity contribution is 9.10. The van der Waals surface area contributed by atoms with Crippen molar-refractivity contribution in [2.45, 2.75) is 19.6 Å². The van der Waals surface area contributed by atoms with Gasteiger partial charge in [-0.1, -0.05) is 84.2 Å². The van der Waals surface area contributed by atoms with E-state index in [2.05, 4.69) is 106 Å². The third kappa shape index (κ3) is 4.56. The minimum atomic E-state index is 0.771. The van der Waals surface area contributed by atoms with Crippen LogP contribution in [0.3, 0.4) is 0 Å². The maximum absolute atomic E-state index is 6.54. The van der Waals surface area contributed by atoms with Crippen molar-refractivity contribution in [2.75, 3.05) is 4.90 Å². The van der Waals surface area contributed by atoms with Gasteiger partial charge in [0.2, 0.25) is 0 Å².